The Hall–Kier alpha value is -4.21. The lowest BCUT2D eigenvalue weighted by atomic mass is 9.49. The van der Waals surface area contributed by atoms with Crippen molar-refractivity contribution in [3.8, 4) is 0 Å². The third-order valence-corrected chi connectivity index (χ3v) is 20.3. The van der Waals surface area contributed by atoms with Crippen LogP contribution in [0.2, 0.25) is 0 Å². The summed E-state index contributed by atoms with van der Waals surface area (Å²) >= 11 is 0. The normalized spacial score (nSPS) is 49.3. The highest BCUT2D eigenvalue weighted by Crippen LogP contribution is 2.61. The van der Waals surface area contributed by atoms with Crippen LogP contribution in [0.3, 0.4) is 0 Å². The Morgan fingerprint density at radius 2 is 1.38 bits per heavy atom. The Morgan fingerprint density at radius 1 is 0.762 bits per heavy atom. The molecule has 0 radical (unpaired) electrons. The van der Waals surface area contributed by atoms with Gasteiger partial charge in [0, 0.05) is 67.8 Å². The first-order valence-corrected chi connectivity index (χ1v) is 30.0. The highest BCUT2D eigenvalue weighted by atomic mass is 16.7. The third-order valence-electron chi connectivity index (χ3n) is 20.3. The average Bonchev–Trinajstić information content (AvgIpc) is 2.80. The van der Waals surface area contributed by atoms with Crippen LogP contribution in [0, 0.1) is 57.0 Å². The van der Waals surface area contributed by atoms with Gasteiger partial charge in [0.25, 0.3) is 0 Å². The van der Waals surface area contributed by atoms with Crippen LogP contribution in [-0.4, -0.2) is 185 Å². The van der Waals surface area contributed by atoms with E-state index < -0.39 is 185 Å². The lowest BCUT2D eigenvalue weighted by Crippen LogP contribution is -2.65. The molecule has 5 aliphatic heterocycles. The summed E-state index contributed by atoms with van der Waals surface area (Å²) in [6.07, 6.45) is -3.57. The van der Waals surface area contributed by atoms with Crippen molar-refractivity contribution < 1.29 is 96.9 Å². The second-order valence-corrected chi connectivity index (χ2v) is 25.9. The van der Waals surface area contributed by atoms with Gasteiger partial charge in [-0.1, -0.05) is 63.6 Å². The van der Waals surface area contributed by atoms with Crippen LogP contribution >= 0.6 is 0 Å². The van der Waals surface area contributed by atoms with E-state index in [9.17, 15) is 45.2 Å². The van der Waals surface area contributed by atoms with Crippen molar-refractivity contribution in [1.82, 2.24) is 5.32 Å². The maximum atomic E-state index is 15.6. The standard InChI is InChI=1S/C61H90N2O21/c1-27-14-17-42(80-47-25-59(10,63(72)73)54(35(9)79-47)62-58(71)75-13)28(2)19-37-20-36(26-64)31(5)24-61(37)56(69)48(57(70)84-61)55(68)60(11)39(27)16-15-38-49(60)29(3)18-30(4)51(38)82-46-23-43(50(67)32(6)76-46)81-44-22-41(66)53(34(8)78-44)83-45-21-40(65)52(74-12)33(7)77-45/h14-16,19-20,29-35,37-47,49-54,64-68H,17-18,21-26H2,1-13H3,(H,62,71)/b27-14+,28-19+,55-48+/t29-,30+,31-,32+,33+,34+,35+,37+,38-,39-,40+,41+,42-,43+,44-,45-,46-,47-,49+,50+,51-,52+,53+,54+,59-,60-,61+/m0/s1. The highest BCUT2D eigenvalue weighted by molar-refractivity contribution is 6.26. The monoisotopic (exact) mass is 1190 g/mol. The SMILES string of the molecule is COC(=O)N[C@@H]1[C@@H](C)O[C@@H](O[C@H]2C/C=C(\C)[C@@H]3C=C[C@@H]4[C@@H](O[C@H]5C[C@@H](O[C@H]6C[C@@H](O)[C@H](O[C@H]7C[C@@H](O)[C@H](OC)[C@@H](C)O7)[C@@H](C)O6)[C@H](O)[C@@H](C)O5)[C@H](C)C[C@H](C)[C@H]4[C@@]3(C)/C(O)=C3\C(=O)O[C@@]4(C[C@H](C)C(CO)=C[C@H]4/C=C/2C)C3=O)C[C@]1(C)[N+](=O)[O-]. The third kappa shape index (κ3) is 11.8. The van der Waals surface area contributed by atoms with Gasteiger partial charge in [-0.3, -0.25) is 14.9 Å². The molecule has 84 heavy (non-hydrogen) atoms. The zero-order chi connectivity index (χ0) is 61.2. The van der Waals surface area contributed by atoms with Gasteiger partial charge >= 0.3 is 12.1 Å². The molecule has 27 atom stereocenters. The van der Waals surface area contributed by atoms with Crippen LogP contribution < -0.4 is 5.32 Å². The van der Waals surface area contributed by atoms with Gasteiger partial charge in [0.2, 0.25) is 11.3 Å². The molecule has 0 unspecified atom stereocenters. The number of hydrogen-bond acceptors (Lipinski definition) is 21. The number of amides is 1. The number of hydrogen-bond donors (Lipinski definition) is 6. The number of nitrogens with zero attached hydrogens (tertiary/aromatic N) is 1. The topological polar surface area (TPSA) is 309 Å². The number of Topliss-reactive ketones (excluding diaryl/α,β-unsaturated/α-hetero) is 1. The number of aliphatic hydroxyl groups excluding tert-OH is 5. The minimum atomic E-state index is -1.82. The van der Waals surface area contributed by atoms with Gasteiger partial charge in [-0.05, 0) is 89.2 Å². The van der Waals surface area contributed by atoms with E-state index in [4.69, 9.17) is 52.1 Å². The number of nitro groups is 1. The van der Waals surface area contributed by atoms with Gasteiger partial charge in [0.05, 0.1) is 75.1 Å². The lowest BCUT2D eigenvalue weighted by Gasteiger charge is -2.56. The smallest absolute Gasteiger partial charge is 0.407 e. The number of rotatable bonds is 12. The minimum Gasteiger partial charge on any atom is -0.511 e. The van der Waals surface area contributed by atoms with E-state index in [0.29, 0.717) is 17.6 Å². The molecule has 1 saturated carbocycles. The fourth-order valence-electron chi connectivity index (χ4n) is 15.8. The molecule has 4 aliphatic carbocycles. The molecule has 6 fully saturated rings. The van der Waals surface area contributed by atoms with Gasteiger partial charge in [0.15, 0.2) is 30.8 Å². The van der Waals surface area contributed by atoms with Crippen molar-refractivity contribution in [2.45, 2.75) is 237 Å². The van der Waals surface area contributed by atoms with E-state index in [2.05, 4.69) is 25.2 Å². The number of nitrogens with one attached hydrogen (secondary N) is 1. The maximum Gasteiger partial charge on any atom is 0.407 e. The Labute approximate surface area is 491 Å². The van der Waals surface area contributed by atoms with Gasteiger partial charge in [-0.2, -0.15) is 0 Å². The molecule has 9 rings (SSSR count). The van der Waals surface area contributed by atoms with Crippen molar-refractivity contribution in [1.29, 1.82) is 0 Å². The van der Waals surface area contributed by atoms with Crippen molar-refractivity contribution in [2.24, 2.45) is 46.8 Å². The maximum absolute atomic E-state index is 15.6. The van der Waals surface area contributed by atoms with Crippen LogP contribution in [0.15, 0.2) is 58.4 Å². The number of esters is 1. The molecule has 23 heteroatoms. The van der Waals surface area contributed by atoms with E-state index in [-0.39, 0.29) is 57.0 Å². The molecule has 6 N–H and O–H groups in total. The zero-order valence-corrected chi connectivity index (χ0v) is 50.6. The van der Waals surface area contributed by atoms with Crippen molar-refractivity contribution in [3.63, 3.8) is 0 Å². The number of carbonyl (C=O) groups is 3. The summed E-state index contributed by atoms with van der Waals surface area (Å²) in [7, 11) is 2.67. The number of ether oxygens (including phenoxy) is 11. The molecule has 23 nitrogen and oxygen atoms in total. The number of carbonyl (C=O) groups excluding carboxylic acids is 3. The lowest BCUT2D eigenvalue weighted by molar-refractivity contribution is -0.584. The van der Waals surface area contributed by atoms with Crippen molar-refractivity contribution >= 4 is 17.8 Å². The van der Waals surface area contributed by atoms with E-state index in [1.54, 1.807) is 46.8 Å². The molecule has 470 valence electrons. The van der Waals surface area contributed by atoms with Crippen LogP contribution in [-0.2, 0) is 61.7 Å². The van der Waals surface area contributed by atoms with Crippen LogP contribution in [0.25, 0.3) is 0 Å². The molecule has 1 amide bonds. The van der Waals surface area contributed by atoms with Gasteiger partial charge in [-0.15, -0.1) is 0 Å². The Balaban J connectivity index is 1.01. The quantitative estimate of drug-likeness (QED) is 0.0457. The highest BCUT2D eigenvalue weighted by Gasteiger charge is 2.64. The van der Waals surface area contributed by atoms with Crippen molar-refractivity contribution in [3.05, 3.63) is 68.5 Å². The van der Waals surface area contributed by atoms with E-state index in [1.165, 1.54) is 21.1 Å². The summed E-state index contributed by atoms with van der Waals surface area (Å²) in [5, 5.41) is 72.9. The van der Waals surface area contributed by atoms with E-state index >= 15 is 4.79 Å². The fourth-order valence-corrected chi connectivity index (χ4v) is 15.8. The van der Waals surface area contributed by atoms with Crippen LogP contribution in [0.5, 0.6) is 0 Å². The number of alkyl carbamates (subject to hydrolysis) is 1. The van der Waals surface area contributed by atoms with E-state index in [1.807, 2.05) is 32.9 Å². The van der Waals surface area contributed by atoms with Crippen LogP contribution in [0.4, 0.5) is 4.79 Å². The first kappa shape index (κ1) is 64.3. The van der Waals surface area contributed by atoms with Gasteiger partial charge in [-0.25, -0.2) is 9.59 Å². The minimum absolute atomic E-state index is 0.00457. The molecule has 2 bridgehead atoms. The molecule has 5 heterocycles. The molecule has 0 aromatic heterocycles. The second kappa shape index (κ2) is 25.1. The number of methoxy groups -OCH3 is 2. The zero-order valence-electron chi connectivity index (χ0n) is 50.6. The molecule has 1 spiro atoms. The molecular weight excluding hydrogens is 1100 g/mol. The molecule has 5 saturated heterocycles. The molecular formula is C61H90N2O21. The van der Waals surface area contributed by atoms with Gasteiger partial charge < -0.3 is 83.0 Å². The summed E-state index contributed by atoms with van der Waals surface area (Å²) in [5.41, 5.74) is -3.37. The molecule has 9 aliphatic rings. The number of ketones is 1. The molecule has 0 aromatic carbocycles. The largest absolute Gasteiger partial charge is 0.511 e. The van der Waals surface area contributed by atoms with Crippen molar-refractivity contribution in [2.75, 3.05) is 20.8 Å². The number of aliphatic hydroxyl groups is 5. The first-order chi connectivity index (χ1) is 39.6. The Kier molecular flexibility index (Phi) is 19.2. The Morgan fingerprint density at radius 3 is 2.01 bits per heavy atom. The fraction of sp³-hybridized carbons (Fsp3) is 0.787. The predicted octanol–water partition coefficient (Wildman–Crippen LogP) is 5.57. The Bertz CT molecular complexity index is 2600. The van der Waals surface area contributed by atoms with E-state index in [0.717, 1.165) is 5.57 Å². The molecule has 0 aromatic rings. The van der Waals surface area contributed by atoms with Gasteiger partial charge in [0.1, 0.15) is 35.7 Å². The summed E-state index contributed by atoms with van der Waals surface area (Å²) in [6.45, 7) is 19.6. The summed E-state index contributed by atoms with van der Waals surface area (Å²) in [6, 6.07) is -1.08. The summed E-state index contributed by atoms with van der Waals surface area (Å²) in [4.78, 5) is 55.1. The number of allylic oxidation sites excluding steroid dienone is 3. The summed E-state index contributed by atoms with van der Waals surface area (Å²) < 4.78 is 68.0. The average molecular weight is 1190 g/mol. The van der Waals surface area contributed by atoms with Crippen LogP contribution in [0.1, 0.15) is 121 Å². The first-order valence-electron chi connectivity index (χ1n) is 30.0. The summed E-state index contributed by atoms with van der Waals surface area (Å²) in [5.74, 6) is -5.10. The number of fused-ring (bicyclic) bond motifs is 4. The predicted molar refractivity (Wildman–Crippen MR) is 298 cm³/mol. The second-order valence-electron chi connectivity index (χ2n) is 25.9.